The first-order chi connectivity index (χ1) is 19.2. The molecule has 3 aromatic heterocycles. The first kappa shape index (κ1) is 26.2. The Balaban J connectivity index is 1.20. The van der Waals surface area contributed by atoms with Gasteiger partial charge in [-0.05, 0) is 48.7 Å². The molecule has 208 valence electrons. The van der Waals surface area contributed by atoms with E-state index in [9.17, 15) is 18.0 Å². The highest BCUT2D eigenvalue weighted by Crippen LogP contribution is 2.32. The monoisotopic (exact) mass is 551 g/mol. The molecule has 0 bridgehead atoms. The van der Waals surface area contributed by atoms with Gasteiger partial charge in [0, 0.05) is 62.5 Å². The van der Waals surface area contributed by atoms with Gasteiger partial charge < -0.3 is 14.6 Å². The summed E-state index contributed by atoms with van der Waals surface area (Å²) < 4.78 is 46.4. The number of imidazole rings is 1. The van der Waals surface area contributed by atoms with Crippen LogP contribution in [-0.2, 0) is 23.9 Å². The van der Waals surface area contributed by atoms with Gasteiger partial charge in [0.1, 0.15) is 11.5 Å². The third-order valence-corrected chi connectivity index (χ3v) is 7.24. The molecule has 0 unspecified atom stereocenters. The van der Waals surface area contributed by atoms with Crippen LogP contribution < -0.4 is 4.74 Å². The molecule has 1 saturated carbocycles. The summed E-state index contributed by atoms with van der Waals surface area (Å²) in [5.41, 5.74) is 2.82. The Hall–Kier alpha value is -4.06. The lowest BCUT2D eigenvalue weighted by molar-refractivity contribution is -0.141. The molecule has 0 spiro atoms. The molecule has 4 aromatic rings. The molecule has 2 fully saturated rings. The first-order valence-electron chi connectivity index (χ1n) is 13.2. The van der Waals surface area contributed by atoms with Gasteiger partial charge in [-0.3, -0.25) is 9.69 Å². The molecule has 1 aliphatic heterocycles. The van der Waals surface area contributed by atoms with Crippen molar-refractivity contribution in [2.75, 3.05) is 33.3 Å². The van der Waals surface area contributed by atoms with Crippen LogP contribution in [0.4, 0.5) is 13.2 Å². The van der Waals surface area contributed by atoms with E-state index < -0.39 is 11.9 Å². The van der Waals surface area contributed by atoms with E-state index in [2.05, 4.69) is 29.8 Å². The zero-order valence-electron chi connectivity index (χ0n) is 21.9. The van der Waals surface area contributed by atoms with E-state index in [0.717, 1.165) is 30.0 Å². The number of benzene rings is 1. The van der Waals surface area contributed by atoms with Crippen LogP contribution in [0.2, 0.25) is 0 Å². The zero-order valence-corrected chi connectivity index (χ0v) is 21.9. The van der Waals surface area contributed by atoms with E-state index >= 15 is 0 Å². The van der Waals surface area contributed by atoms with Crippen molar-refractivity contribution in [1.82, 2.24) is 34.7 Å². The highest BCUT2D eigenvalue weighted by molar-refractivity contribution is 5.81. The highest BCUT2D eigenvalue weighted by atomic mass is 19.4. The molecule has 1 saturated heterocycles. The summed E-state index contributed by atoms with van der Waals surface area (Å²) in [6.07, 6.45) is -0.924. The van der Waals surface area contributed by atoms with Gasteiger partial charge in [0.2, 0.25) is 5.91 Å². The van der Waals surface area contributed by atoms with Crippen molar-refractivity contribution in [2.45, 2.75) is 32.0 Å². The molecule has 1 amide bonds. The number of alkyl halides is 3. The summed E-state index contributed by atoms with van der Waals surface area (Å²) in [7, 11) is 1.49. The molecule has 1 aromatic carbocycles. The number of fused-ring (bicyclic) bond motifs is 1. The van der Waals surface area contributed by atoms with Gasteiger partial charge in [-0.15, -0.1) is 0 Å². The number of carbonyl (C=O) groups excluding carboxylic acids is 1. The van der Waals surface area contributed by atoms with Crippen LogP contribution in [-0.4, -0.2) is 73.9 Å². The molecular formula is C28H28F3N7O2. The molecule has 6 rings (SSSR count). The number of ether oxygens (including phenoxy) is 1. The minimum absolute atomic E-state index is 0.117. The Morgan fingerprint density at radius 3 is 2.58 bits per heavy atom. The van der Waals surface area contributed by atoms with Crippen LogP contribution in [0.25, 0.3) is 22.3 Å². The zero-order chi connectivity index (χ0) is 27.9. The fourth-order valence-corrected chi connectivity index (χ4v) is 5.03. The van der Waals surface area contributed by atoms with E-state index in [1.807, 2.05) is 23.1 Å². The molecule has 9 nitrogen and oxygen atoms in total. The summed E-state index contributed by atoms with van der Waals surface area (Å²) >= 11 is 0. The number of pyridine rings is 1. The Kier molecular flexibility index (Phi) is 6.87. The largest absolute Gasteiger partial charge is 0.467 e. The quantitative estimate of drug-likeness (QED) is 0.369. The van der Waals surface area contributed by atoms with Crippen LogP contribution in [0.5, 0.6) is 6.01 Å². The molecule has 1 aliphatic carbocycles. The number of aromatic amines is 1. The number of hydrogen-bond donors (Lipinski definition) is 1. The van der Waals surface area contributed by atoms with Gasteiger partial charge in [-0.2, -0.15) is 18.2 Å². The minimum atomic E-state index is -4.57. The van der Waals surface area contributed by atoms with Crippen molar-refractivity contribution in [3.05, 3.63) is 65.4 Å². The number of rotatable bonds is 7. The van der Waals surface area contributed by atoms with E-state index in [-0.39, 0.29) is 30.0 Å². The molecule has 4 heterocycles. The molecule has 0 atom stereocenters. The lowest BCUT2D eigenvalue weighted by Crippen LogP contribution is -2.48. The molecule has 1 N–H and O–H groups in total. The lowest BCUT2D eigenvalue weighted by Gasteiger charge is -2.35. The fraction of sp³-hybridized carbons (Fsp3) is 0.393. The number of hydrogen-bond acceptors (Lipinski definition) is 7. The van der Waals surface area contributed by atoms with Gasteiger partial charge in [0.05, 0.1) is 23.8 Å². The van der Waals surface area contributed by atoms with Crippen molar-refractivity contribution in [3.63, 3.8) is 0 Å². The van der Waals surface area contributed by atoms with Crippen molar-refractivity contribution < 1.29 is 22.7 Å². The molecule has 40 heavy (non-hydrogen) atoms. The maximum atomic E-state index is 13.8. The number of halogens is 3. The predicted molar refractivity (Wildman–Crippen MR) is 140 cm³/mol. The van der Waals surface area contributed by atoms with Crippen molar-refractivity contribution in [2.24, 2.45) is 5.92 Å². The normalized spacial score (nSPS) is 16.4. The molecule has 12 heteroatoms. The Morgan fingerprint density at radius 2 is 1.85 bits per heavy atom. The number of aromatic nitrogens is 5. The fourth-order valence-electron chi connectivity index (χ4n) is 5.03. The van der Waals surface area contributed by atoms with Crippen LogP contribution in [0.15, 0.2) is 42.6 Å². The average Bonchev–Trinajstić information content (AvgIpc) is 3.72. The summed E-state index contributed by atoms with van der Waals surface area (Å²) in [4.78, 5) is 36.4. The smallest absolute Gasteiger partial charge is 0.433 e. The lowest BCUT2D eigenvalue weighted by atomic mass is 10.1. The highest BCUT2D eigenvalue weighted by Gasteiger charge is 2.35. The third-order valence-electron chi connectivity index (χ3n) is 7.24. The summed E-state index contributed by atoms with van der Waals surface area (Å²) in [5, 5.41) is 0. The summed E-state index contributed by atoms with van der Waals surface area (Å²) in [5.74, 6) is 0.890. The first-order valence-corrected chi connectivity index (χ1v) is 13.2. The number of carbonyl (C=O) groups is 1. The number of nitrogens with zero attached hydrogens (tertiary/aromatic N) is 6. The van der Waals surface area contributed by atoms with Crippen LogP contribution in [0.3, 0.4) is 0 Å². The topological polar surface area (TPSA) is 100 Å². The summed E-state index contributed by atoms with van der Waals surface area (Å²) in [6.45, 7) is 2.81. The molecule has 0 radical (unpaired) electrons. The number of piperazine rings is 1. The van der Waals surface area contributed by atoms with Crippen LogP contribution >= 0.6 is 0 Å². The van der Waals surface area contributed by atoms with E-state index in [1.54, 1.807) is 18.3 Å². The average molecular weight is 552 g/mol. The maximum absolute atomic E-state index is 13.8. The van der Waals surface area contributed by atoms with Crippen molar-refractivity contribution in [3.8, 4) is 17.3 Å². The van der Waals surface area contributed by atoms with Gasteiger partial charge in [-0.25, -0.2) is 15.0 Å². The third kappa shape index (κ3) is 5.76. The Morgan fingerprint density at radius 1 is 1.05 bits per heavy atom. The van der Waals surface area contributed by atoms with Crippen molar-refractivity contribution >= 4 is 16.9 Å². The van der Waals surface area contributed by atoms with Gasteiger partial charge >= 0.3 is 12.2 Å². The maximum Gasteiger partial charge on any atom is 0.433 e. The summed E-state index contributed by atoms with van der Waals surface area (Å²) in [6, 6.07) is 10.4. The van der Waals surface area contributed by atoms with Gasteiger partial charge in [0.25, 0.3) is 0 Å². The predicted octanol–water partition coefficient (Wildman–Crippen LogP) is 4.09. The van der Waals surface area contributed by atoms with Gasteiger partial charge in [0.15, 0.2) is 0 Å². The van der Waals surface area contributed by atoms with Crippen molar-refractivity contribution in [1.29, 1.82) is 0 Å². The molecule has 2 aliphatic rings. The second-order valence-corrected chi connectivity index (χ2v) is 10.2. The SMILES string of the molecule is COc1nccc(-c2ccc3nc(Cc4cc(CN5CCN(C(=O)C6CC6)CC5)cc(C(F)(F)F)n4)[nH]c3c2)n1. The molecular weight excluding hydrogens is 523 g/mol. The number of nitrogens with one attached hydrogen (secondary N) is 1. The Labute approximate surface area is 228 Å². The van der Waals surface area contributed by atoms with E-state index in [0.29, 0.717) is 55.3 Å². The van der Waals surface area contributed by atoms with E-state index in [4.69, 9.17) is 4.74 Å². The van der Waals surface area contributed by atoms with Gasteiger partial charge in [-0.1, -0.05) is 6.07 Å². The number of H-pyrrole nitrogens is 1. The second kappa shape index (κ2) is 10.5. The van der Waals surface area contributed by atoms with E-state index in [1.165, 1.54) is 7.11 Å². The minimum Gasteiger partial charge on any atom is -0.467 e. The Bertz CT molecular complexity index is 1540. The van der Waals surface area contributed by atoms with Crippen LogP contribution in [0, 0.1) is 5.92 Å². The number of methoxy groups -OCH3 is 1. The van der Waals surface area contributed by atoms with Crippen LogP contribution in [0.1, 0.15) is 35.6 Å². The number of amides is 1. The second-order valence-electron chi connectivity index (χ2n) is 10.2. The standard InChI is InChI=1S/C28H28F3N7O2/c1-40-27-32-7-6-21(36-27)19-4-5-22-23(14-19)35-25(34-22)15-20-12-17(13-24(33-20)28(29,30)31)16-37-8-10-38(11-9-37)26(39)18-2-3-18/h4-7,12-14,18H,2-3,8-11,15-16H2,1H3,(H,34,35).